The summed E-state index contributed by atoms with van der Waals surface area (Å²) >= 11 is 1.62. The summed E-state index contributed by atoms with van der Waals surface area (Å²) in [5.74, 6) is -0.0934. The van der Waals surface area contributed by atoms with Crippen molar-refractivity contribution in [2.75, 3.05) is 5.73 Å². The molecule has 0 aliphatic carbocycles. The second-order valence-electron chi connectivity index (χ2n) is 4.38. The second-order valence-corrected chi connectivity index (χ2v) is 5.16. The Labute approximate surface area is 111 Å². The summed E-state index contributed by atoms with van der Waals surface area (Å²) in [6.45, 7) is 3.90. The first-order valence-electron chi connectivity index (χ1n) is 5.76. The molecule has 0 fully saturated rings. The molecule has 3 N–H and O–H groups in total. The fourth-order valence-electron chi connectivity index (χ4n) is 1.83. The number of nitrogens with two attached hydrogens (primary N) is 1. The topological polar surface area (TPSA) is 55.1 Å². The van der Waals surface area contributed by atoms with Gasteiger partial charge in [-0.15, -0.1) is 0 Å². The number of hydrogen-bond acceptors (Lipinski definition) is 3. The van der Waals surface area contributed by atoms with Crippen LogP contribution in [0.4, 0.5) is 5.69 Å². The van der Waals surface area contributed by atoms with E-state index in [2.05, 4.69) is 5.32 Å². The van der Waals surface area contributed by atoms with Gasteiger partial charge in [-0.05, 0) is 60.0 Å². The van der Waals surface area contributed by atoms with E-state index in [9.17, 15) is 4.79 Å². The lowest BCUT2D eigenvalue weighted by molar-refractivity contribution is 0.0940. The third-order valence-corrected chi connectivity index (χ3v) is 3.45. The molecule has 1 aromatic heterocycles. The minimum absolute atomic E-state index is 0.00508. The first-order valence-corrected chi connectivity index (χ1v) is 6.70. The minimum Gasteiger partial charge on any atom is -0.399 e. The van der Waals surface area contributed by atoms with E-state index in [0.717, 1.165) is 11.1 Å². The Balaban J connectivity index is 2.12. The maximum atomic E-state index is 12.1. The maximum Gasteiger partial charge on any atom is 0.251 e. The smallest absolute Gasteiger partial charge is 0.251 e. The summed E-state index contributed by atoms with van der Waals surface area (Å²) in [5.41, 5.74) is 9.07. The lowest BCUT2D eigenvalue weighted by Crippen LogP contribution is -2.26. The highest BCUT2D eigenvalue weighted by Crippen LogP contribution is 2.17. The van der Waals surface area contributed by atoms with Gasteiger partial charge in [-0.1, -0.05) is 0 Å². The van der Waals surface area contributed by atoms with Crippen molar-refractivity contribution in [3.8, 4) is 0 Å². The number of anilines is 1. The first kappa shape index (κ1) is 12.6. The molecule has 2 aromatic rings. The molecule has 2 rings (SSSR count). The van der Waals surface area contributed by atoms with E-state index in [1.165, 1.54) is 0 Å². The Morgan fingerprint density at radius 3 is 2.78 bits per heavy atom. The van der Waals surface area contributed by atoms with Crippen molar-refractivity contribution in [3.63, 3.8) is 0 Å². The van der Waals surface area contributed by atoms with E-state index in [1.54, 1.807) is 17.4 Å². The molecule has 1 unspecified atom stereocenters. The molecule has 1 atom stereocenters. The highest BCUT2D eigenvalue weighted by molar-refractivity contribution is 7.07. The highest BCUT2D eigenvalue weighted by Gasteiger charge is 2.12. The van der Waals surface area contributed by atoms with E-state index in [0.29, 0.717) is 11.3 Å². The third-order valence-electron chi connectivity index (χ3n) is 2.75. The van der Waals surface area contributed by atoms with Crippen molar-refractivity contribution in [3.05, 3.63) is 51.7 Å². The van der Waals surface area contributed by atoms with Crippen molar-refractivity contribution in [1.82, 2.24) is 5.32 Å². The van der Waals surface area contributed by atoms with Crippen molar-refractivity contribution in [1.29, 1.82) is 0 Å². The zero-order valence-electron chi connectivity index (χ0n) is 10.4. The van der Waals surface area contributed by atoms with Crippen molar-refractivity contribution in [2.24, 2.45) is 0 Å². The van der Waals surface area contributed by atoms with Gasteiger partial charge in [0.1, 0.15) is 0 Å². The molecule has 1 heterocycles. The van der Waals surface area contributed by atoms with Crippen LogP contribution in [0.2, 0.25) is 0 Å². The molecule has 18 heavy (non-hydrogen) atoms. The van der Waals surface area contributed by atoms with Gasteiger partial charge in [0, 0.05) is 11.3 Å². The molecule has 0 bridgehead atoms. The summed E-state index contributed by atoms with van der Waals surface area (Å²) in [6.07, 6.45) is 0. The monoisotopic (exact) mass is 260 g/mol. The van der Waals surface area contributed by atoms with Gasteiger partial charge in [0.2, 0.25) is 0 Å². The van der Waals surface area contributed by atoms with Gasteiger partial charge >= 0.3 is 0 Å². The van der Waals surface area contributed by atoms with Crippen LogP contribution < -0.4 is 11.1 Å². The van der Waals surface area contributed by atoms with Gasteiger partial charge in [0.25, 0.3) is 5.91 Å². The van der Waals surface area contributed by atoms with Crippen LogP contribution >= 0.6 is 11.3 Å². The molecule has 1 amide bonds. The van der Waals surface area contributed by atoms with E-state index in [1.807, 2.05) is 42.8 Å². The van der Waals surface area contributed by atoms with Gasteiger partial charge in [0.15, 0.2) is 0 Å². The number of carbonyl (C=O) groups excluding carboxylic acids is 1. The van der Waals surface area contributed by atoms with Crippen LogP contribution in [-0.4, -0.2) is 5.91 Å². The number of thiophene rings is 1. The highest BCUT2D eigenvalue weighted by atomic mass is 32.1. The Hall–Kier alpha value is -1.81. The van der Waals surface area contributed by atoms with E-state index >= 15 is 0 Å². The molecule has 0 aliphatic rings. The lowest BCUT2D eigenvalue weighted by Gasteiger charge is -2.13. The Morgan fingerprint density at radius 1 is 1.39 bits per heavy atom. The predicted molar refractivity (Wildman–Crippen MR) is 75.8 cm³/mol. The summed E-state index contributed by atoms with van der Waals surface area (Å²) < 4.78 is 0. The molecule has 4 heteroatoms. The van der Waals surface area contributed by atoms with E-state index in [4.69, 9.17) is 5.73 Å². The van der Waals surface area contributed by atoms with Crippen LogP contribution in [0.15, 0.2) is 35.0 Å². The number of benzene rings is 1. The number of nitrogens with one attached hydrogen (secondary N) is 1. The molecule has 94 valence electrons. The van der Waals surface area contributed by atoms with Crippen LogP contribution in [0.25, 0.3) is 0 Å². The quantitative estimate of drug-likeness (QED) is 0.833. The summed E-state index contributed by atoms with van der Waals surface area (Å²) in [4.78, 5) is 12.1. The van der Waals surface area contributed by atoms with Crippen LogP contribution in [0.3, 0.4) is 0 Å². The fraction of sp³-hybridized carbons (Fsp3) is 0.214. The molecule has 0 saturated carbocycles. The number of amides is 1. The number of carbonyl (C=O) groups is 1. The molecule has 1 aromatic carbocycles. The molecular weight excluding hydrogens is 244 g/mol. The zero-order chi connectivity index (χ0) is 13.1. The Kier molecular flexibility index (Phi) is 3.67. The third kappa shape index (κ3) is 2.90. The number of aryl methyl sites for hydroxylation is 1. The molecule has 0 radical (unpaired) electrons. The Morgan fingerprint density at radius 2 is 2.17 bits per heavy atom. The predicted octanol–water partition coefficient (Wildman–Crippen LogP) is 3.13. The van der Waals surface area contributed by atoms with E-state index < -0.39 is 0 Å². The largest absolute Gasteiger partial charge is 0.399 e. The lowest BCUT2D eigenvalue weighted by atomic mass is 10.1. The summed E-state index contributed by atoms with van der Waals surface area (Å²) in [6, 6.07) is 7.40. The molecule has 0 saturated heterocycles. The number of rotatable bonds is 3. The van der Waals surface area contributed by atoms with Crippen LogP contribution in [0.1, 0.15) is 34.5 Å². The maximum absolute atomic E-state index is 12.1. The fourth-order valence-corrected chi connectivity index (χ4v) is 2.58. The van der Waals surface area contributed by atoms with Crippen molar-refractivity contribution in [2.45, 2.75) is 19.9 Å². The normalized spacial score (nSPS) is 12.1. The van der Waals surface area contributed by atoms with Crippen LogP contribution in [-0.2, 0) is 0 Å². The number of hydrogen-bond donors (Lipinski definition) is 2. The molecule has 0 spiro atoms. The van der Waals surface area contributed by atoms with Gasteiger partial charge in [-0.3, -0.25) is 4.79 Å². The van der Waals surface area contributed by atoms with Crippen LogP contribution in [0, 0.1) is 6.92 Å². The van der Waals surface area contributed by atoms with Crippen molar-refractivity contribution < 1.29 is 4.79 Å². The standard InChI is InChI=1S/C14H16N2OS/c1-9-5-12(7-13(15)6-9)14(17)16-10(2)11-3-4-18-8-11/h3-8,10H,15H2,1-2H3,(H,16,17). The van der Waals surface area contributed by atoms with Gasteiger partial charge < -0.3 is 11.1 Å². The van der Waals surface area contributed by atoms with Gasteiger partial charge in [-0.2, -0.15) is 11.3 Å². The zero-order valence-corrected chi connectivity index (χ0v) is 11.3. The average molecular weight is 260 g/mol. The molecular formula is C14H16N2OS. The van der Waals surface area contributed by atoms with Crippen LogP contribution in [0.5, 0.6) is 0 Å². The molecule has 0 aliphatic heterocycles. The second kappa shape index (κ2) is 5.23. The van der Waals surface area contributed by atoms with Gasteiger partial charge in [-0.25, -0.2) is 0 Å². The van der Waals surface area contributed by atoms with E-state index in [-0.39, 0.29) is 11.9 Å². The summed E-state index contributed by atoms with van der Waals surface area (Å²) in [5, 5.41) is 7.01. The minimum atomic E-state index is -0.0934. The molecule has 3 nitrogen and oxygen atoms in total. The average Bonchev–Trinajstić information content (AvgIpc) is 2.80. The van der Waals surface area contributed by atoms with Gasteiger partial charge in [0.05, 0.1) is 6.04 Å². The summed E-state index contributed by atoms with van der Waals surface area (Å²) in [7, 11) is 0. The van der Waals surface area contributed by atoms with Crippen molar-refractivity contribution >= 4 is 22.9 Å². The first-order chi connectivity index (χ1) is 8.56. The number of nitrogen functional groups attached to an aromatic ring is 1. The SMILES string of the molecule is Cc1cc(N)cc(C(=O)NC(C)c2ccsc2)c1. The Bertz CT molecular complexity index is 529.